The molecule has 0 N–H and O–H groups in total. The maximum atomic E-state index is 11.7. The second kappa shape index (κ2) is 3.62. The molecule has 3 rings (SSSR count). The smallest absolute Gasteiger partial charge is 0.137 e. The molecule has 0 spiro atoms. The quantitative estimate of drug-likeness (QED) is 0.721. The Morgan fingerprint density at radius 1 is 1.31 bits per heavy atom. The van der Waals surface area contributed by atoms with Crippen molar-refractivity contribution in [3.8, 4) is 5.75 Å². The number of benzene rings is 1. The topological polar surface area (TPSA) is 26.3 Å². The van der Waals surface area contributed by atoms with E-state index < -0.39 is 0 Å². The minimum Gasteiger partial charge on any atom is -0.497 e. The zero-order valence-corrected chi connectivity index (χ0v) is 9.58. The summed E-state index contributed by atoms with van der Waals surface area (Å²) in [5.41, 5.74) is 4.10. The molecule has 84 valence electrons. The summed E-state index contributed by atoms with van der Waals surface area (Å²) in [7, 11) is 1.69. The Bertz CT molecular complexity index is 448. The monoisotopic (exact) mass is 216 g/mol. The summed E-state index contributed by atoms with van der Waals surface area (Å²) < 4.78 is 5.31. The van der Waals surface area contributed by atoms with E-state index in [0.29, 0.717) is 18.1 Å². The van der Waals surface area contributed by atoms with Crippen molar-refractivity contribution in [3.63, 3.8) is 0 Å². The number of rotatable bonds is 1. The maximum Gasteiger partial charge on any atom is 0.137 e. The molecule has 0 saturated carbocycles. The molecule has 2 aliphatic carbocycles. The van der Waals surface area contributed by atoms with Crippen LogP contribution in [0.3, 0.4) is 0 Å². The number of carbonyl (C=O) groups is 1. The van der Waals surface area contributed by atoms with Crippen LogP contribution in [0.15, 0.2) is 12.1 Å². The van der Waals surface area contributed by atoms with Crippen LogP contribution in [0, 0.1) is 0 Å². The minimum absolute atomic E-state index is 0.388. The fraction of sp³-hybridized carbons (Fsp3) is 0.500. The third-order valence-electron chi connectivity index (χ3n) is 3.83. The highest BCUT2D eigenvalue weighted by Gasteiger charge is 2.30. The van der Waals surface area contributed by atoms with Crippen LogP contribution in [-0.4, -0.2) is 12.9 Å². The third-order valence-corrected chi connectivity index (χ3v) is 3.83. The average Bonchev–Trinajstić information content (AvgIpc) is 2.28. The van der Waals surface area contributed by atoms with Crippen LogP contribution in [0.25, 0.3) is 0 Å². The van der Waals surface area contributed by atoms with Gasteiger partial charge in [-0.2, -0.15) is 0 Å². The maximum absolute atomic E-state index is 11.7. The van der Waals surface area contributed by atoms with Gasteiger partial charge in [-0.05, 0) is 54.0 Å². The minimum atomic E-state index is 0.388. The summed E-state index contributed by atoms with van der Waals surface area (Å²) >= 11 is 0. The fourth-order valence-electron chi connectivity index (χ4n) is 3.19. The Balaban J connectivity index is 2.17. The Morgan fingerprint density at radius 3 is 2.94 bits per heavy atom. The van der Waals surface area contributed by atoms with Gasteiger partial charge in [-0.15, -0.1) is 0 Å². The normalized spacial score (nSPS) is 22.8. The van der Waals surface area contributed by atoms with Crippen molar-refractivity contribution in [3.05, 3.63) is 28.8 Å². The standard InChI is InChI=1S/C14H16O2/c1-16-13-7-10-4-2-3-9-5-12(15)6-11(8-13)14(9)10/h7-9H,2-6H2,1H3. The first-order valence-electron chi connectivity index (χ1n) is 5.99. The molecule has 1 aromatic carbocycles. The van der Waals surface area contributed by atoms with E-state index in [2.05, 4.69) is 6.07 Å². The average molecular weight is 216 g/mol. The van der Waals surface area contributed by atoms with Gasteiger partial charge in [0.25, 0.3) is 0 Å². The van der Waals surface area contributed by atoms with Gasteiger partial charge in [0, 0.05) is 12.8 Å². The van der Waals surface area contributed by atoms with E-state index in [1.807, 2.05) is 6.07 Å². The lowest BCUT2D eigenvalue weighted by Crippen LogP contribution is -2.23. The van der Waals surface area contributed by atoms with E-state index in [-0.39, 0.29) is 0 Å². The molecule has 0 amide bonds. The molecule has 0 heterocycles. The van der Waals surface area contributed by atoms with Gasteiger partial charge in [0.1, 0.15) is 11.5 Å². The van der Waals surface area contributed by atoms with Crippen molar-refractivity contribution >= 4 is 5.78 Å². The first kappa shape index (κ1) is 9.88. The van der Waals surface area contributed by atoms with Crippen LogP contribution in [0.2, 0.25) is 0 Å². The molecule has 0 fully saturated rings. The van der Waals surface area contributed by atoms with Crippen LogP contribution in [0.1, 0.15) is 41.9 Å². The number of ketones is 1. The molecule has 1 aromatic rings. The van der Waals surface area contributed by atoms with Gasteiger partial charge < -0.3 is 4.74 Å². The lowest BCUT2D eigenvalue weighted by molar-refractivity contribution is -0.119. The zero-order valence-electron chi connectivity index (χ0n) is 9.58. The predicted octanol–water partition coefficient (Wildman–Crippen LogP) is 2.63. The van der Waals surface area contributed by atoms with Gasteiger partial charge in [0.2, 0.25) is 0 Å². The first-order valence-corrected chi connectivity index (χ1v) is 5.99. The lowest BCUT2D eigenvalue weighted by atomic mass is 9.73. The van der Waals surface area contributed by atoms with Crippen molar-refractivity contribution in [2.75, 3.05) is 7.11 Å². The van der Waals surface area contributed by atoms with Crippen LogP contribution in [0.4, 0.5) is 0 Å². The number of hydrogen-bond donors (Lipinski definition) is 0. The summed E-state index contributed by atoms with van der Waals surface area (Å²) in [6, 6.07) is 4.20. The second-order valence-corrected chi connectivity index (χ2v) is 4.87. The number of ether oxygens (including phenoxy) is 1. The van der Waals surface area contributed by atoms with Crippen molar-refractivity contribution in [2.45, 2.75) is 38.0 Å². The molecule has 0 aromatic heterocycles. The number of carbonyl (C=O) groups excluding carboxylic acids is 1. The molecular weight excluding hydrogens is 200 g/mol. The molecule has 0 radical (unpaired) electrons. The summed E-state index contributed by atoms with van der Waals surface area (Å²) in [4.78, 5) is 11.7. The summed E-state index contributed by atoms with van der Waals surface area (Å²) in [6.45, 7) is 0. The highest BCUT2D eigenvalue weighted by molar-refractivity contribution is 5.84. The molecule has 2 aliphatic rings. The summed E-state index contributed by atoms with van der Waals surface area (Å²) in [5.74, 6) is 1.79. The first-order chi connectivity index (χ1) is 7.78. The Morgan fingerprint density at radius 2 is 2.12 bits per heavy atom. The van der Waals surface area contributed by atoms with E-state index in [1.54, 1.807) is 7.11 Å². The molecule has 2 heteroatoms. The molecule has 0 saturated heterocycles. The molecular formula is C14H16O2. The highest BCUT2D eigenvalue weighted by atomic mass is 16.5. The van der Waals surface area contributed by atoms with Gasteiger partial charge in [-0.1, -0.05) is 0 Å². The van der Waals surface area contributed by atoms with E-state index in [9.17, 15) is 4.79 Å². The van der Waals surface area contributed by atoms with Crippen LogP contribution in [-0.2, 0) is 17.6 Å². The molecule has 0 aliphatic heterocycles. The van der Waals surface area contributed by atoms with Gasteiger partial charge in [0.15, 0.2) is 0 Å². The number of Topliss-reactive ketones (excluding diaryl/α,β-unsaturated/α-hetero) is 1. The Kier molecular flexibility index (Phi) is 2.23. The van der Waals surface area contributed by atoms with E-state index >= 15 is 0 Å². The van der Waals surface area contributed by atoms with E-state index in [0.717, 1.165) is 18.6 Å². The van der Waals surface area contributed by atoms with Gasteiger partial charge in [0.05, 0.1) is 7.11 Å². The second-order valence-electron chi connectivity index (χ2n) is 4.87. The summed E-state index contributed by atoms with van der Waals surface area (Å²) in [5, 5.41) is 0. The van der Waals surface area contributed by atoms with Crippen molar-refractivity contribution < 1.29 is 9.53 Å². The molecule has 1 unspecified atom stereocenters. The number of methoxy groups -OCH3 is 1. The molecule has 0 bridgehead atoms. The van der Waals surface area contributed by atoms with Crippen LogP contribution in [0.5, 0.6) is 5.75 Å². The number of hydrogen-bond acceptors (Lipinski definition) is 2. The summed E-state index contributed by atoms with van der Waals surface area (Å²) in [6.07, 6.45) is 4.89. The van der Waals surface area contributed by atoms with Gasteiger partial charge in [-0.25, -0.2) is 0 Å². The zero-order chi connectivity index (χ0) is 11.1. The predicted molar refractivity (Wildman–Crippen MR) is 62.0 cm³/mol. The van der Waals surface area contributed by atoms with Crippen molar-refractivity contribution in [1.29, 1.82) is 0 Å². The van der Waals surface area contributed by atoms with Crippen LogP contribution >= 0.6 is 0 Å². The van der Waals surface area contributed by atoms with Crippen molar-refractivity contribution in [2.24, 2.45) is 0 Å². The largest absolute Gasteiger partial charge is 0.497 e. The fourth-order valence-corrected chi connectivity index (χ4v) is 3.19. The van der Waals surface area contributed by atoms with Gasteiger partial charge in [-0.3, -0.25) is 4.79 Å². The lowest BCUT2D eigenvalue weighted by Gasteiger charge is -2.31. The Hall–Kier alpha value is -1.31. The molecule has 16 heavy (non-hydrogen) atoms. The SMILES string of the molecule is COc1cc2c3c(c1)CC(=O)CC3CCC2. The number of aryl methyl sites for hydroxylation is 1. The molecule has 1 atom stereocenters. The van der Waals surface area contributed by atoms with Gasteiger partial charge >= 0.3 is 0 Å². The van der Waals surface area contributed by atoms with Crippen molar-refractivity contribution in [1.82, 2.24) is 0 Å². The van der Waals surface area contributed by atoms with E-state index in [1.165, 1.54) is 29.5 Å². The van der Waals surface area contributed by atoms with Crippen LogP contribution < -0.4 is 4.74 Å². The van der Waals surface area contributed by atoms with E-state index in [4.69, 9.17) is 4.74 Å². The molecule has 2 nitrogen and oxygen atoms in total. The Labute approximate surface area is 95.6 Å². The third kappa shape index (κ3) is 1.44. The highest BCUT2D eigenvalue weighted by Crippen LogP contribution is 2.41.